The van der Waals surface area contributed by atoms with Crippen LogP contribution >= 0.6 is 0 Å². The molecule has 0 heterocycles. The van der Waals surface area contributed by atoms with Crippen molar-refractivity contribution in [3.8, 4) is 5.75 Å². The minimum absolute atomic E-state index is 0.126. The summed E-state index contributed by atoms with van der Waals surface area (Å²) in [4.78, 5) is 12.1. The first kappa shape index (κ1) is 15.4. The monoisotopic (exact) mass is 319 g/mol. The molecular formula is C17H15F2NO3. The summed E-state index contributed by atoms with van der Waals surface area (Å²) in [5.41, 5.74) is -0.149. The molecule has 0 radical (unpaired) electrons. The van der Waals surface area contributed by atoms with Crippen molar-refractivity contribution in [3.63, 3.8) is 0 Å². The van der Waals surface area contributed by atoms with E-state index in [-0.39, 0.29) is 6.54 Å². The molecule has 0 bridgehead atoms. The van der Waals surface area contributed by atoms with Gasteiger partial charge < -0.3 is 15.5 Å². The molecule has 1 amide bonds. The van der Waals surface area contributed by atoms with E-state index in [2.05, 4.69) is 5.32 Å². The Balaban J connectivity index is 1.78. The number of halogens is 2. The first-order valence-corrected chi connectivity index (χ1v) is 7.18. The molecule has 0 aromatic heterocycles. The van der Waals surface area contributed by atoms with Crippen LogP contribution in [0.15, 0.2) is 36.4 Å². The number of aryl methyl sites for hydroxylation is 1. The second-order valence-corrected chi connectivity index (χ2v) is 5.65. The van der Waals surface area contributed by atoms with Gasteiger partial charge in [-0.3, -0.25) is 4.79 Å². The number of hydrogen-bond acceptors (Lipinski definition) is 3. The average molecular weight is 319 g/mol. The van der Waals surface area contributed by atoms with Gasteiger partial charge in [0.2, 0.25) is 0 Å². The maximum atomic E-state index is 13.7. The van der Waals surface area contributed by atoms with Gasteiger partial charge in [-0.1, -0.05) is 24.3 Å². The fourth-order valence-electron chi connectivity index (χ4n) is 2.95. The molecule has 0 spiro atoms. The Labute approximate surface area is 131 Å². The van der Waals surface area contributed by atoms with Gasteiger partial charge in [-0.15, -0.1) is 0 Å². The number of aromatic hydroxyl groups is 1. The van der Waals surface area contributed by atoms with Crippen LogP contribution in [0.3, 0.4) is 0 Å². The lowest BCUT2D eigenvalue weighted by atomic mass is 9.96. The normalized spacial score (nSPS) is 19.4. The van der Waals surface area contributed by atoms with Gasteiger partial charge in [-0.2, -0.15) is 0 Å². The molecule has 23 heavy (non-hydrogen) atoms. The zero-order valence-corrected chi connectivity index (χ0v) is 12.1. The summed E-state index contributed by atoms with van der Waals surface area (Å²) in [6.07, 6.45) is 1.11. The lowest BCUT2D eigenvalue weighted by Gasteiger charge is -2.24. The Morgan fingerprint density at radius 1 is 1.26 bits per heavy atom. The van der Waals surface area contributed by atoms with Crippen LogP contribution in [-0.4, -0.2) is 22.7 Å². The highest BCUT2D eigenvalue weighted by atomic mass is 19.1. The van der Waals surface area contributed by atoms with E-state index in [1.165, 1.54) is 0 Å². The minimum atomic E-state index is -1.24. The molecule has 3 N–H and O–H groups in total. The van der Waals surface area contributed by atoms with Gasteiger partial charge in [0, 0.05) is 12.1 Å². The second kappa shape index (κ2) is 5.62. The van der Waals surface area contributed by atoms with E-state index in [4.69, 9.17) is 0 Å². The van der Waals surface area contributed by atoms with Crippen LogP contribution in [0.1, 0.15) is 27.9 Å². The number of carbonyl (C=O) groups excluding carboxylic acids is 1. The molecule has 1 atom stereocenters. The highest BCUT2D eigenvalue weighted by molar-refractivity contribution is 5.97. The highest BCUT2D eigenvalue weighted by Gasteiger charge is 2.37. The molecule has 0 saturated carbocycles. The van der Waals surface area contributed by atoms with Gasteiger partial charge in [0.05, 0.1) is 6.54 Å². The molecule has 2 aromatic rings. The Bertz CT molecular complexity index is 755. The average Bonchev–Trinajstić information content (AvgIpc) is 2.83. The summed E-state index contributed by atoms with van der Waals surface area (Å²) >= 11 is 0. The fourth-order valence-corrected chi connectivity index (χ4v) is 2.95. The van der Waals surface area contributed by atoms with Crippen LogP contribution in [0.4, 0.5) is 8.78 Å². The molecule has 0 aliphatic heterocycles. The van der Waals surface area contributed by atoms with E-state index >= 15 is 0 Å². The van der Waals surface area contributed by atoms with Gasteiger partial charge >= 0.3 is 0 Å². The molecule has 1 unspecified atom stereocenters. The van der Waals surface area contributed by atoms with Crippen LogP contribution in [0, 0.1) is 11.6 Å². The number of phenolic OH excluding ortho intramolecular Hbond substituents is 1. The maximum Gasteiger partial charge on any atom is 0.258 e. The number of carbonyl (C=O) groups is 1. The van der Waals surface area contributed by atoms with Crippen molar-refractivity contribution in [2.24, 2.45) is 0 Å². The van der Waals surface area contributed by atoms with Gasteiger partial charge in [-0.05, 0) is 24.0 Å². The summed E-state index contributed by atoms with van der Waals surface area (Å²) < 4.78 is 26.6. The van der Waals surface area contributed by atoms with Crippen molar-refractivity contribution < 1.29 is 23.8 Å². The van der Waals surface area contributed by atoms with Crippen LogP contribution in [0.5, 0.6) is 5.75 Å². The van der Waals surface area contributed by atoms with E-state index in [9.17, 15) is 23.8 Å². The quantitative estimate of drug-likeness (QED) is 0.812. The molecule has 6 heteroatoms. The molecule has 0 saturated heterocycles. The molecule has 4 nitrogen and oxygen atoms in total. The number of phenols is 1. The number of aliphatic hydroxyl groups is 1. The summed E-state index contributed by atoms with van der Waals surface area (Å²) in [7, 11) is 0. The smallest absolute Gasteiger partial charge is 0.258 e. The number of hydrogen-bond donors (Lipinski definition) is 3. The third kappa shape index (κ3) is 2.77. The van der Waals surface area contributed by atoms with Crippen LogP contribution in [0.25, 0.3) is 0 Å². The molecule has 2 aromatic carbocycles. The molecule has 1 aliphatic carbocycles. The van der Waals surface area contributed by atoms with Crippen LogP contribution in [-0.2, 0) is 12.0 Å². The van der Waals surface area contributed by atoms with E-state index in [1.54, 1.807) is 12.1 Å². The van der Waals surface area contributed by atoms with Crippen molar-refractivity contribution in [3.05, 3.63) is 64.7 Å². The SMILES string of the molecule is O=C(NCC1(O)CCc2ccccc21)c1c(O)cc(F)cc1F. The van der Waals surface area contributed by atoms with Crippen molar-refractivity contribution in [2.75, 3.05) is 6.54 Å². The lowest BCUT2D eigenvalue weighted by molar-refractivity contribution is 0.0368. The summed E-state index contributed by atoms with van der Waals surface area (Å²) in [6.45, 7) is -0.126. The number of benzene rings is 2. The van der Waals surface area contributed by atoms with E-state index in [0.717, 1.165) is 11.1 Å². The first-order chi connectivity index (χ1) is 10.9. The van der Waals surface area contributed by atoms with Gasteiger partial charge in [0.25, 0.3) is 5.91 Å². The Morgan fingerprint density at radius 3 is 2.74 bits per heavy atom. The number of amides is 1. The van der Waals surface area contributed by atoms with Gasteiger partial charge in [0.15, 0.2) is 0 Å². The molecule has 0 fully saturated rings. The zero-order chi connectivity index (χ0) is 16.6. The summed E-state index contributed by atoms with van der Waals surface area (Å²) in [5.74, 6) is -3.81. The van der Waals surface area contributed by atoms with E-state index in [1.807, 2.05) is 12.1 Å². The topological polar surface area (TPSA) is 69.6 Å². The largest absolute Gasteiger partial charge is 0.507 e. The number of fused-ring (bicyclic) bond motifs is 1. The first-order valence-electron chi connectivity index (χ1n) is 7.18. The molecule has 1 aliphatic rings. The van der Waals surface area contributed by atoms with Gasteiger partial charge in [0.1, 0.15) is 28.5 Å². The molecule has 3 rings (SSSR count). The zero-order valence-electron chi connectivity index (χ0n) is 12.1. The third-order valence-electron chi connectivity index (χ3n) is 4.13. The summed E-state index contributed by atoms with van der Waals surface area (Å²) in [6, 6.07) is 8.54. The van der Waals surface area contributed by atoms with Crippen molar-refractivity contribution in [1.82, 2.24) is 5.32 Å². The van der Waals surface area contributed by atoms with Crippen molar-refractivity contribution in [2.45, 2.75) is 18.4 Å². The predicted octanol–water partition coefficient (Wildman–Crippen LogP) is 2.23. The minimum Gasteiger partial charge on any atom is -0.507 e. The predicted molar refractivity (Wildman–Crippen MR) is 79.0 cm³/mol. The second-order valence-electron chi connectivity index (χ2n) is 5.65. The Kier molecular flexibility index (Phi) is 3.77. The van der Waals surface area contributed by atoms with Crippen LogP contribution in [0.2, 0.25) is 0 Å². The molecular weight excluding hydrogens is 304 g/mol. The lowest BCUT2D eigenvalue weighted by Crippen LogP contribution is -2.39. The highest BCUT2D eigenvalue weighted by Crippen LogP contribution is 2.36. The van der Waals surface area contributed by atoms with Crippen LogP contribution < -0.4 is 5.32 Å². The Morgan fingerprint density at radius 2 is 2.00 bits per heavy atom. The third-order valence-corrected chi connectivity index (χ3v) is 4.13. The van der Waals surface area contributed by atoms with Gasteiger partial charge in [-0.25, -0.2) is 8.78 Å². The van der Waals surface area contributed by atoms with E-state index in [0.29, 0.717) is 25.0 Å². The Hall–Kier alpha value is -2.47. The number of nitrogens with one attached hydrogen (secondary N) is 1. The standard InChI is InChI=1S/C17H15F2NO3/c18-11-7-13(19)15(14(21)8-11)16(22)20-9-17(23)6-5-10-3-1-2-4-12(10)17/h1-4,7-8,21,23H,5-6,9H2,(H,20,22). The maximum absolute atomic E-state index is 13.7. The summed E-state index contributed by atoms with van der Waals surface area (Å²) in [5, 5.41) is 22.7. The molecule has 120 valence electrons. The fraction of sp³-hybridized carbons (Fsp3) is 0.235. The van der Waals surface area contributed by atoms with Crippen molar-refractivity contribution >= 4 is 5.91 Å². The van der Waals surface area contributed by atoms with Crippen molar-refractivity contribution in [1.29, 1.82) is 0 Å². The van der Waals surface area contributed by atoms with E-state index < -0.39 is 34.5 Å². The number of rotatable bonds is 3.